The number of fused-ring (bicyclic) bond motifs is 1. The van der Waals surface area contributed by atoms with Crippen LogP contribution in [0.25, 0.3) is 5.65 Å². The normalized spacial score (nSPS) is 10.7. The summed E-state index contributed by atoms with van der Waals surface area (Å²) in [5.41, 5.74) is 2.62. The summed E-state index contributed by atoms with van der Waals surface area (Å²) in [7, 11) is 1.81. The molecule has 4 nitrogen and oxygen atoms in total. The summed E-state index contributed by atoms with van der Waals surface area (Å²) in [6.45, 7) is 0.599. The van der Waals surface area contributed by atoms with Gasteiger partial charge in [0.05, 0.1) is 5.56 Å². The molecular weight excluding hydrogens is 250 g/mol. The van der Waals surface area contributed by atoms with Gasteiger partial charge in [-0.3, -0.25) is 4.79 Å². The van der Waals surface area contributed by atoms with Crippen molar-refractivity contribution in [2.24, 2.45) is 0 Å². The van der Waals surface area contributed by atoms with Crippen LogP contribution in [0, 0.1) is 0 Å². The summed E-state index contributed by atoms with van der Waals surface area (Å²) in [6.07, 6.45) is 5.37. The molecular formula is C16H15N3O. The van der Waals surface area contributed by atoms with Crippen molar-refractivity contribution in [3.63, 3.8) is 0 Å². The summed E-state index contributed by atoms with van der Waals surface area (Å²) in [4.78, 5) is 18.3. The van der Waals surface area contributed by atoms with Crippen molar-refractivity contribution < 1.29 is 4.79 Å². The Balaban J connectivity index is 1.80. The van der Waals surface area contributed by atoms with Gasteiger partial charge in [-0.2, -0.15) is 0 Å². The minimum absolute atomic E-state index is 0.00412. The highest BCUT2D eigenvalue weighted by atomic mass is 16.2. The van der Waals surface area contributed by atoms with Gasteiger partial charge in [-0.15, -0.1) is 0 Å². The monoisotopic (exact) mass is 265 g/mol. The second-order valence-electron chi connectivity index (χ2n) is 4.76. The maximum Gasteiger partial charge on any atom is 0.255 e. The van der Waals surface area contributed by atoms with Gasteiger partial charge in [0, 0.05) is 32.2 Å². The van der Waals surface area contributed by atoms with E-state index in [-0.39, 0.29) is 5.91 Å². The molecule has 2 aromatic heterocycles. The summed E-state index contributed by atoms with van der Waals surface area (Å²) in [6, 6.07) is 13.6. The Hall–Kier alpha value is -2.62. The molecule has 4 heteroatoms. The van der Waals surface area contributed by atoms with Gasteiger partial charge in [0.1, 0.15) is 5.65 Å². The minimum atomic E-state index is 0.00412. The molecule has 1 amide bonds. The summed E-state index contributed by atoms with van der Waals surface area (Å²) in [5.74, 6) is 0.00412. The fourth-order valence-electron chi connectivity index (χ4n) is 2.20. The number of imidazole rings is 1. The van der Waals surface area contributed by atoms with Gasteiger partial charge in [-0.25, -0.2) is 4.98 Å². The van der Waals surface area contributed by atoms with Crippen LogP contribution in [0.4, 0.5) is 0 Å². The Labute approximate surface area is 117 Å². The van der Waals surface area contributed by atoms with Crippen LogP contribution in [0.3, 0.4) is 0 Å². The highest BCUT2D eigenvalue weighted by Crippen LogP contribution is 2.10. The lowest BCUT2D eigenvalue weighted by Crippen LogP contribution is -2.26. The van der Waals surface area contributed by atoms with Crippen molar-refractivity contribution in [3.8, 4) is 0 Å². The smallest absolute Gasteiger partial charge is 0.255 e. The molecule has 0 saturated carbocycles. The van der Waals surface area contributed by atoms with Crippen LogP contribution < -0.4 is 0 Å². The molecule has 0 N–H and O–H groups in total. The Bertz CT molecular complexity index is 734. The van der Waals surface area contributed by atoms with E-state index in [0.717, 1.165) is 11.2 Å². The van der Waals surface area contributed by atoms with Crippen LogP contribution in [0.15, 0.2) is 61.1 Å². The molecule has 2 heterocycles. The van der Waals surface area contributed by atoms with Gasteiger partial charge < -0.3 is 9.30 Å². The molecule has 0 saturated heterocycles. The van der Waals surface area contributed by atoms with Gasteiger partial charge in [0.25, 0.3) is 5.91 Å². The predicted molar refractivity (Wildman–Crippen MR) is 77.4 cm³/mol. The van der Waals surface area contributed by atoms with Crippen molar-refractivity contribution in [2.75, 3.05) is 7.05 Å². The number of rotatable bonds is 3. The number of carbonyl (C=O) groups is 1. The van der Waals surface area contributed by atoms with Gasteiger partial charge in [0.15, 0.2) is 0 Å². The lowest BCUT2D eigenvalue weighted by molar-refractivity contribution is 0.0784. The third-order valence-corrected chi connectivity index (χ3v) is 3.24. The number of hydrogen-bond acceptors (Lipinski definition) is 2. The maximum absolute atomic E-state index is 12.4. The minimum Gasteiger partial charge on any atom is -0.337 e. The van der Waals surface area contributed by atoms with Crippen LogP contribution in [-0.4, -0.2) is 27.2 Å². The Kier molecular flexibility index (Phi) is 3.21. The van der Waals surface area contributed by atoms with Gasteiger partial charge in [0.2, 0.25) is 0 Å². The lowest BCUT2D eigenvalue weighted by atomic mass is 10.2. The summed E-state index contributed by atoms with van der Waals surface area (Å²) >= 11 is 0. The first-order chi connectivity index (χ1) is 9.74. The van der Waals surface area contributed by atoms with E-state index in [1.54, 1.807) is 11.1 Å². The number of benzene rings is 1. The SMILES string of the molecule is CN(Cc1ccccc1)C(=O)c1ccc2nccn2c1. The van der Waals surface area contributed by atoms with E-state index in [4.69, 9.17) is 0 Å². The first kappa shape index (κ1) is 12.4. The molecule has 3 aromatic rings. The predicted octanol–water partition coefficient (Wildman–Crippen LogP) is 2.61. The molecule has 20 heavy (non-hydrogen) atoms. The number of amides is 1. The summed E-state index contributed by atoms with van der Waals surface area (Å²) < 4.78 is 1.85. The first-order valence-electron chi connectivity index (χ1n) is 6.46. The molecule has 3 rings (SSSR count). The van der Waals surface area contributed by atoms with Gasteiger partial charge >= 0.3 is 0 Å². The zero-order valence-corrected chi connectivity index (χ0v) is 11.2. The van der Waals surface area contributed by atoms with E-state index < -0.39 is 0 Å². The van der Waals surface area contributed by atoms with Crippen LogP contribution in [0.5, 0.6) is 0 Å². The molecule has 0 aliphatic rings. The van der Waals surface area contributed by atoms with Crippen molar-refractivity contribution >= 4 is 11.6 Å². The average Bonchev–Trinajstić information content (AvgIpc) is 2.94. The van der Waals surface area contributed by atoms with Crippen molar-refractivity contribution in [1.29, 1.82) is 0 Å². The van der Waals surface area contributed by atoms with Gasteiger partial charge in [-0.1, -0.05) is 30.3 Å². The number of aromatic nitrogens is 2. The van der Waals surface area contributed by atoms with Crippen LogP contribution in [-0.2, 0) is 6.54 Å². The van der Waals surface area contributed by atoms with E-state index in [2.05, 4.69) is 4.98 Å². The molecule has 0 bridgehead atoms. The second kappa shape index (κ2) is 5.17. The second-order valence-corrected chi connectivity index (χ2v) is 4.76. The number of carbonyl (C=O) groups excluding carboxylic acids is 1. The van der Waals surface area contributed by atoms with Crippen molar-refractivity contribution in [3.05, 3.63) is 72.2 Å². The maximum atomic E-state index is 12.4. The van der Waals surface area contributed by atoms with E-state index in [1.807, 2.05) is 66.3 Å². The molecule has 0 aliphatic heterocycles. The molecule has 100 valence electrons. The third-order valence-electron chi connectivity index (χ3n) is 3.24. The number of nitrogens with zero attached hydrogens (tertiary/aromatic N) is 3. The quantitative estimate of drug-likeness (QED) is 0.730. The van der Waals surface area contributed by atoms with Crippen molar-refractivity contribution in [1.82, 2.24) is 14.3 Å². The van der Waals surface area contributed by atoms with E-state index in [1.165, 1.54) is 0 Å². The lowest BCUT2D eigenvalue weighted by Gasteiger charge is -2.17. The molecule has 0 spiro atoms. The molecule has 0 fully saturated rings. The number of hydrogen-bond donors (Lipinski definition) is 0. The van der Waals surface area contributed by atoms with Crippen molar-refractivity contribution in [2.45, 2.75) is 6.54 Å². The Morgan fingerprint density at radius 3 is 2.80 bits per heavy atom. The fraction of sp³-hybridized carbons (Fsp3) is 0.125. The van der Waals surface area contributed by atoms with Crippen LogP contribution >= 0.6 is 0 Å². The zero-order chi connectivity index (χ0) is 13.9. The molecule has 0 atom stereocenters. The molecule has 0 unspecified atom stereocenters. The third kappa shape index (κ3) is 2.40. The van der Waals surface area contributed by atoms with Crippen LogP contribution in [0.2, 0.25) is 0 Å². The van der Waals surface area contributed by atoms with E-state index >= 15 is 0 Å². The molecule has 0 aliphatic carbocycles. The highest BCUT2D eigenvalue weighted by molar-refractivity contribution is 5.94. The molecule has 1 aromatic carbocycles. The van der Waals surface area contributed by atoms with E-state index in [0.29, 0.717) is 12.1 Å². The topological polar surface area (TPSA) is 37.6 Å². The molecule has 0 radical (unpaired) electrons. The fourth-order valence-corrected chi connectivity index (χ4v) is 2.20. The van der Waals surface area contributed by atoms with Gasteiger partial charge in [-0.05, 0) is 17.7 Å². The number of pyridine rings is 1. The van der Waals surface area contributed by atoms with E-state index in [9.17, 15) is 4.79 Å². The largest absolute Gasteiger partial charge is 0.337 e. The summed E-state index contributed by atoms with van der Waals surface area (Å²) in [5, 5.41) is 0. The van der Waals surface area contributed by atoms with Crippen LogP contribution in [0.1, 0.15) is 15.9 Å². The Morgan fingerprint density at radius 1 is 1.20 bits per heavy atom. The zero-order valence-electron chi connectivity index (χ0n) is 11.2. The average molecular weight is 265 g/mol. The first-order valence-corrected chi connectivity index (χ1v) is 6.46. The Morgan fingerprint density at radius 2 is 2.00 bits per heavy atom. The highest BCUT2D eigenvalue weighted by Gasteiger charge is 2.12. The standard InChI is InChI=1S/C16H15N3O/c1-18(11-13-5-3-2-4-6-13)16(20)14-7-8-15-17-9-10-19(15)12-14/h2-10,12H,11H2,1H3.